The molecule has 0 fully saturated rings. The van der Waals surface area contributed by atoms with E-state index in [4.69, 9.17) is 4.98 Å². The minimum absolute atomic E-state index is 0.657. The van der Waals surface area contributed by atoms with Crippen LogP contribution in [0.15, 0.2) is 146 Å². The molecule has 4 aromatic heterocycles. The molecule has 4 nitrogen and oxygen atoms in total. The van der Waals surface area contributed by atoms with Crippen LogP contribution in [-0.4, -0.2) is 14.0 Å². The fourth-order valence-electron chi connectivity index (χ4n) is 7.05. The highest BCUT2D eigenvalue weighted by Gasteiger charge is 2.15. The van der Waals surface area contributed by atoms with E-state index in [1.807, 2.05) is 18.2 Å². The maximum absolute atomic E-state index is 9.63. The van der Waals surface area contributed by atoms with Gasteiger partial charge >= 0.3 is 0 Å². The summed E-state index contributed by atoms with van der Waals surface area (Å²) in [6, 6.07) is 51.6. The predicted octanol–water partition coefficient (Wildman–Crippen LogP) is 11.2. The maximum Gasteiger partial charge on any atom is 0.138 e. The number of para-hydroxylation sites is 1. The molecule has 0 saturated carbocycles. The molecule has 0 aliphatic rings. The van der Waals surface area contributed by atoms with E-state index in [9.17, 15) is 5.26 Å². The van der Waals surface area contributed by atoms with Gasteiger partial charge in [0.2, 0.25) is 0 Å². The molecule has 0 bridgehead atoms. The predicted molar refractivity (Wildman–Crippen MR) is 196 cm³/mol. The number of thiophene rings is 1. The Hall–Kier alpha value is -6.22. The van der Waals surface area contributed by atoms with Crippen molar-refractivity contribution in [2.24, 2.45) is 0 Å². The molecular weight excluding hydrogens is 593 g/mol. The quantitative estimate of drug-likeness (QED) is 0.198. The molecule has 5 heteroatoms. The van der Waals surface area contributed by atoms with Crippen LogP contribution >= 0.6 is 11.3 Å². The van der Waals surface area contributed by atoms with Crippen molar-refractivity contribution in [3.05, 3.63) is 151 Å². The summed E-state index contributed by atoms with van der Waals surface area (Å²) >= 11 is 1.79. The first-order chi connectivity index (χ1) is 23.2. The summed E-state index contributed by atoms with van der Waals surface area (Å²) in [7, 11) is 0. The molecule has 0 unspecified atom stereocenters. The average Bonchev–Trinajstić information content (AvgIpc) is 3.78. The number of pyridine rings is 1. The highest BCUT2D eigenvalue weighted by molar-refractivity contribution is 7.25. The van der Waals surface area contributed by atoms with Gasteiger partial charge in [-0.15, -0.1) is 11.3 Å². The molecule has 0 amide bonds. The number of aromatic nitrogens is 3. The lowest BCUT2D eigenvalue weighted by atomic mass is 9.97. The lowest BCUT2D eigenvalue weighted by molar-refractivity contribution is 1.18. The zero-order valence-corrected chi connectivity index (χ0v) is 25.9. The molecule has 47 heavy (non-hydrogen) atoms. The lowest BCUT2D eigenvalue weighted by Crippen LogP contribution is -1.93. The molecule has 0 atom stereocenters. The van der Waals surface area contributed by atoms with E-state index in [0.29, 0.717) is 5.56 Å². The maximum atomic E-state index is 9.63. The minimum Gasteiger partial charge on any atom is -0.309 e. The molecule has 10 rings (SSSR count). The molecule has 0 saturated heterocycles. The Morgan fingerprint density at radius 3 is 2.04 bits per heavy atom. The van der Waals surface area contributed by atoms with Gasteiger partial charge in [-0.3, -0.25) is 4.40 Å². The topological polar surface area (TPSA) is 46.0 Å². The van der Waals surface area contributed by atoms with Crippen LogP contribution in [0.5, 0.6) is 0 Å². The average molecular weight is 617 g/mol. The van der Waals surface area contributed by atoms with E-state index in [2.05, 4.69) is 143 Å². The highest BCUT2D eigenvalue weighted by atomic mass is 32.1. The lowest BCUT2D eigenvalue weighted by Gasteiger charge is -2.10. The second-order valence-electron chi connectivity index (χ2n) is 12.0. The Morgan fingerprint density at radius 1 is 0.574 bits per heavy atom. The van der Waals surface area contributed by atoms with Crippen LogP contribution in [0.25, 0.3) is 86.6 Å². The van der Waals surface area contributed by atoms with Crippen molar-refractivity contribution in [3.8, 4) is 34.0 Å². The van der Waals surface area contributed by atoms with Crippen LogP contribution in [0, 0.1) is 11.3 Å². The normalized spacial score (nSPS) is 11.8. The number of hydrogen-bond donors (Lipinski definition) is 0. The van der Waals surface area contributed by atoms with Gasteiger partial charge in [-0.05, 0) is 93.7 Å². The molecule has 0 spiro atoms. The van der Waals surface area contributed by atoms with Gasteiger partial charge in [-0.25, -0.2) is 4.98 Å². The Balaban J connectivity index is 1.07. The summed E-state index contributed by atoms with van der Waals surface area (Å²) in [4.78, 5) is 6.13. The molecule has 4 heterocycles. The van der Waals surface area contributed by atoms with Crippen molar-refractivity contribution < 1.29 is 0 Å². The monoisotopic (exact) mass is 616 g/mol. The van der Waals surface area contributed by atoms with Gasteiger partial charge in [0.1, 0.15) is 16.0 Å². The van der Waals surface area contributed by atoms with Gasteiger partial charge in [0.15, 0.2) is 0 Å². The number of hydrogen-bond acceptors (Lipinski definition) is 3. The molecule has 6 aromatic carbocycles. The van der Waals surface area contributed by atoms with Crippen molar-refractivity contribution in [2.75, 3.05) is 0 Å². The third kappa shape index (κ3) is 3.96. The SMILES string of the molecule is N#Cc1ccc2c3ccc(-c4ccc5cc(-c6ccc7nc8c9ccccc9sc8n7c6)ccc5c4)cc3n(-c3ccccc3)c2c1. The smallest absolute Gasteiger partial charge is 0.138 e. The van der Waals surface area contributed by atoms with Crippen molar-refractivity contribution in [3.63, 3.8) is 0 Å². The largest absolute Gasteiger partial charge is 0.309 e. The van der Waals surface area contributed by atoms with Gasteiger partial charge in [-0.2, -0.15) is 5.26 Å². The van der Waals surface area contributed by atoms with E-state index in [1.54, 1.807) is 11.3 Å². The third-order valence-electron chi connectivity index (χ3n) is 9.34. The molecule has 0 aliphatic heterocycles. The number of imidazole rings is 1. The van der Waals surface area contributed by atoms with E-state index in [-0.39, 0.29) is 0 Å². The van der Waals surface area contributed by atoms with Crippen molar-refractivity contribution in [2.45, 2.75) is 0 Å². The van der Waals surface area contributed by atoms with Crippen LogP contribution in [-0.2, 0) is 0 Å². The van der Waals surface area contributed by atoms with Crippen molar-refractivity contribution >= 4 is 70.0 Å². The fourth-order valence-corrected chi connectivity index (χ4v) is 8.18. The zero-order valence-electron chi connectivity index (χ0n) is 25.1. The molecular formula is C42H24N4S. The van der Waals surface area contributed by atoms with Crippen LogP contribution in [0.4, 0.5) is 0 Å². The number of fused-ring (bicyclic) bond motifs is 9. The molecule has 0 radical (unpaired) electrons. The number of benzene rings is 6. The first-order valence-electron chi connectivity index (χ1n) is 15.6. The van der Waals surface area contributed by atoms with E-state index < -0.39 is 0 Å². The second-order valence-corrected chi connectivity index (χ2v) is 13.1. The Bertz CT molecular complexity index is 2920. The van der Waals surface area contributed by atoms with Crippen LogP contribution in [0.3, 0.4) is 0 Å². The van der Waals surface area contributed by atoms with E-state index in [1.165, 1.54) is 47.8 Å². The molecule has 10 aromatic rings. The highest BCUT2D eigenvalue weighted by Crippen LogP contribution is 2.38. The van der Waals surface area contributed by atoms with Gasteiger partial charge in [0.25, 0.3) is 0 Å². The van der Waals surface area contributed by atoms with Gasteiger partial charge < -0.3 is 4.57 Å². The van der Waals surface area contributed by atoms with E-state index in [0.717, 1.165) is 38.8 Å². The molecule has 218 valence electrons. The van der Waals surface area contributed by atoms with Gasteiger partial charge in [0, 0.05) is 32.7 Å². The van der Waals surface area contributed by atoms with E-state index >= 15 is 0 Å². The molecule has 0 N–H and O–H groups in total. The molecule has 0 aliphatic carbocycles. The Morgan fingerprint density at radius 2 is 1.23 bits per heavy atom. The number of nitrogens with zero attached hydrogens (tertiary/aromatic N) is 4. The van der Waals surface area contributed by atoms with Crippen molar-refractivity contribution in [1.82, 2.24) is 14.0 Å². The minimum atomic E-state index is 0.657. The summed E-state index contributed by atoms with van der Waals surface area (Å²) in [6.45, 7) is 0. The first kappa shape index (κ1) is 26.0. The summed E-state index contributed by atoms with van der Waals surface area (Å²) in [5.74, 6) is 0. The van der Waals surface area contributed by atoms with Gasteiger partial charge in [0.05, 0.1) is 22.7 Å². The summed E-state index contributed by atoms with van der Waals surface area (Å²) in [5, 5.41) is 15.6. The zero-order chi connectivity index (χ0) is 31.1. The summed E-state index contributed by atoms with van der Waals surface area (Å²) in [5.41, 5.74) is 10.6. The van der Waals surface area contributed by atoms with Crippen LogP contribution < -0.4 is 0 Å². The number of rotatable bonds is 3. The van der Waals surface area contributed by atoms with Crippen LogP contribution in [0.1, 0.15) is 5.56 Å². The second kappa shape index (κ2) is 9.89. The third-order valence-corrected chi connectivity index (χ3v) is 10.5. The first-order valence-corrected chi connectivity index (χ1v) is 16.4. The van der Waals surface area contributed by atoms with Gasteiger partial charge in [-0.1, -0.05) is 78.9 Å². The standard InChI is InChI=1S/C42H24N4S/c43-24-26-10-17-34-35-18-15-31(23-38(35)46(37(34)20-26)33-6-2-1-3-7-33)29-12-11-28-22-30(14-13-27(28)21-29)32-16-19-40-44-41-36-8-4-5-9-39(36)47-42(41)45(40)25-32/h1-23,25H. The summed E-state index contributed by atoms with van der Waals surface area (Å²) < 4.78 is 5.76. The Kier molecular flexibility index (Phi) is 5.48. The Labute approximate surface area is 273 Å². The fraction of sp³-hybridized carbons (Fsp3) is 0. The number of nitriles is 1. The summed E-state index contributed by atoms with van der Waals surface area (Å²) in [6.07, 6.45) is 2.22. The van der Waals surface area contributed by atoms with Crippen LogP contribution in [0.2, 0.25) is 0 Å². The van der Waals surface area contributed by atoms with Crippen molar-refractivity contribution in [1.29, 1.82) is 5.26 Å².